The molecule has 0 bridgehead atoms. The summed E-state index contributed by atoms with van der Waals surface area (Å²) in [7, 11) is 0. The van der Waals surface area contributed by atoms with Crippen molar-refractivity contribution in [3.63, 3.8) is 0 Å². The van der Waals surface area contributed by atoms with E-state index in [4.69, 9.17) is 11.6 Å². The first-order chi connectivity index (χ1) is 12.6. The van der Waals surface area contributed by atoms with Crippen LogP contribution in [0.5, 0.6) is 0 Å². The third-order valence-corrected chi connectivity index (χ3v) is 4.13. The number of nitrogens with one attached hydrogen (secondary N) is 2. The van der Waals surface area contributed by atoms with Gasteiger partial charge in [0.25, 0.3) is 5.91 Å². The SMILES string of the molecule is O=C(Nc1ccccc1Cl)c1cc(NCCc2ccccc2F)ccn1. The Morgan fingerprint density at radius 3 is 2.65 bits per heavy atom. The monoisotopic (exact) mass is 369 g/mol. The van der Waals surface area contributed by atoms with Gasteiger partial charge in [0, 0.05) is 18.4 Å². The molecular formula is C20H17ClFN3O. The van der Waals surface area contributed by atoms with E-state index in [9.17, 15) is 9.18 Å². The van der Waals surface area contributed by atoms with Gasteiger partial charge in [0.05, 0.1) is 10.7 Å². The Hall–Kier alpha value is -2.92. The summed E-state index contributed by atoms with van der Waals surface area (Å²) in [6, 6.07) is 17.1. The molecule has 0 fully saturated rings. The molecule has 0 saturated carbocycles. The number of halogens is 2. The molecule has 1 amide bonds. The van der Waals surface area contributed by atoms with Crippen molar-refractivity contribution in [2.75, 3.05) is 17.2 Å². The van der Waals surface area contributed by atoms with E-state index >= 15 is 0 Å². The number of nitrogens with zero attached hydrogens (tertiary/aromatic N) is 1. The predicted molar refractivity (Wildman–Crippen MR) is 102 cm³/mol. The number of hydrogen-bond donors (Lipinski definition) is 2. The van der Waals surface area contributed by atoms with Crippen LogP contribution in [0, 0.1) is 5.82 Å². The van der Waals surface area contributed by atoms with E-state index in [1.165, 1.54) is 6.07 Å². The van der Waals surface area contributed by atoms with Crippen LogP contribution in [0.3, 0.4) is 0 Å². The van der Waals surface area contributed by atoms with Gasteiger partial charge in [0.2, 0.25) is 0 Å². The zero-order chi connectivity index (χ0) is 18.4. The lowest BCUT2D eigenvalue weighted by atomic mass is 10.1. The van der Waals surface area contributed by atoms with Gasteiger partial charge in [-0.05, 0) is 42.3 Å². The number of carbonyl (C=O) groups is 1. The van der Waals surface area contributed by atoms with Crippen molar-refractivity contribution in [1.29, 1.82) is 0 Å². The van der Waals surface area contributed by atoms with Crippen molar-refractivity contribution in [1.82, 2.24) is 4.98 Å². The van der Waals surface area contributed by atoms with Gasteiger partial charge in [0.1, 0.15) is 11.5 Å². The topological polar surface area (TPSA) is 54.0 Å². The Balaban J connectivity index is 1.62. The number of rotatable bonds is 6. The third kappa shape index (κ3) is 4.58. The van der Waals surface area contributed by atoms with Crippen LogP contribution >= 0.6 is 11.6 Å². The molecule has 2 N–H and O–H groups in total. The van der Waals surface area contributed by atoms with Crippen LogP contribution in [-0.4, -0.2) is 17.4 Å². The van der Waals surface area contributed by atoms with Gasteiger partial charge in [-0.1, -0.05) is 41.9 Å². The van der Waals surface area contributed by atoms with Gasteiger partial charge in [-0.2, -0.15) is 0 Å². The minimum atomic E-state index is -0.351. The van der Waals surface area contributed by atoms with Crippen LogP contribution in [-0.2, 0) is 6.42 Å². The molecule has 3 aromatic rings. The van der Waals surface area contributed by atoms with Gasteiger partial charge < -0.3 is 10.6 Å². The van der Waals surface area contributed by atoms with E-state index in [1.54, 1.807) is 54.7 Å². The minimum Gasteiger partial charge on any atom is -0.385 e. The number of hydrogen-bond acceptors (Lipinski definition) is 3. The molecule has 0 aliphatic heterocycles. The normalized spacial score (nSPS) is 10.4. The number of benzene rings is 2. The van der Waals surface area contributed by atoms with Crippen LogP contribution in [0.15, 0.2) is 66.9 Å². The number of anilines is 2. The van der Waals surface area contributed by atoms with Crippen molar-refractivity contribution < 1.29 is 9.18 Å². The fourth-order valence-corrected chi connectivity index (χ4v) is 2.64. The lowest BCUT2D eigenvalue weighted by Gasteiger charge is -2.09. The van der Waals surface area contributed by atoms with Crippen LogP contribution in [0.1, 0.15) is 16.1 Å². The van der Waals surface area contributed by atoms with E-state index in [1.807, 2.05) is 6.07 Å². The Kier molecular flexibility index (Phi) is 5.81. The number of para-hydroxylation sites is 1. The quantitative estimate of drug-likeness (QED) is 0.657. The lowest BCUT2D eigenvalue weighted by Crippen LogP contribution is -2.14. The number of pyridine rings is 1. The number of carbonyl (C=O) groups excluding carboxylic acids is 1. The highest BCUT2D eigenvalue weighted by atomic mass is 35.5. The van der Waals surface area contributed by atoms with Gasteiger partial charge in [-0.3, -0.25) is 9.78 Å². The molecule has 0 spiro atoms. The summed E-state index contributed by atoms with van der Waals surface area (Å²) in [5, 5.41) is 6.37. The van der Waals surface area contributed by atoms with Gasteiger partial charge in [0.15, 0.2) is 0 Å². The molecule has 0 atom stereocenters. The molecule has 26 heavy (non-hydrogen) atoms. The van der Waals surface area contributed by atoms with E-state index in [-0.39, 0.29) is 17.4 Å². The Labute approximate surface area is 156 Å². The van der Waals surface area contributed by atoms with Gasteiger partial charge in [-0.15, -0.1) is 0 Å². The van der Waals surface area contributed by atoms with E-state index in [0.717, 1.165) is 5.69 Å². The third-order valence-electron chi connectivity index (χ3n) is 3.80. The van der Waals surface area contributed by atoms with Crippen molar-refractivity contribution in [2.24, 2.45) is 0 Å². The number of aromatic nitrogens is 1. The first-order valence-corrected chi connectivity index (χ1v) is 8.50. The van der Waals surface area contributed by atoms with Crippen molar-refractivity contribution in [3.8, 4) is 0 Å². The minimum absolute atomic E-state index is 0.219. The maximum Gasteiger partial charge on any atom is 0.274 e. The Morgan fingerprint density at radius 2 is 1.85 bits per heavy atom. The summed E-state index contributed by atoms with van der Waals surface area (Å²) in [5.74, 6) is -0.570. The first-order valence-electron chi connectivity index (χ1n) is 8.13. The van der Waals surface area contributed by atoms with Crippen LogP contribution in [0.4, 0.5) is 15.8 Å². The second kappa shape index (κ2) is 8.45. The van der Waals surface area contributed by atoms with E-state index in [2.05, 4.69) is 15.6 Å². The second-order valence-electron chi connectivity index (χ2n) is 5.63. The highest BCUT2D eigenvalue weighted by Gasteiger charge is 2.10. The zero-order valence-electron chi connectivity index (χ0n) is 13.9. The smallest absolute Gasteiger partial charge is 0.274 e. The standard InChI is InChI=1S/C20H17ClFN3O/c21-16-6-2-4-8-18(16)25-20(26)19-13-15(10-12-24-19)23-11-9-14-5-1-3-7-17(14)22/h1-8,10,12-13H,9,11H2,(H,23,24)(H,25,26). The molecule has 0 saturated heterocycles. The van der Waals surface area contributed by atoms with Gasteiger partial charge >= 0.3 is 0 Å². The average Bonchev–Trinajstić information content (AvgIpc) is 2.65. The Bertz CT molecular complexity index is 917. The largest absolute Gasteiger partial charge is 0.385 e. The molecule has 0 radical (unpaired) electrons. The zero-order valence-corrected chi connectivity index (χ0v) is 14.6. The van der Waals surface area contributed by atoms with Crippen LogP contribution < -0.4 is 10.6 Å². The molecular weight excluding hydrogens is 353 g/mol. The van der Waals surface area contributed by atoms with Gasteiger partial charge in [-0.25, -0.2) is 4.39 Å². The molecule has 132 valence electrons. The molecule has 1 heterocycles. The predicted octanol–water partition coefficient (Wildman–Crippen LogP) is 4.78. The Morgan fingerprint density at radius 1 is 1.08 bits per heavy atom. The maximum atomic E-state index is 13.6. The summed E-state index contributed by atoms with van der Waals surface area (Å²) < 4.78 is 13.6. The van der Waals surface area contributed by atoms with Crippen LogP contribution in [0.25, 0.3) is 0 Å². The van der Waals surface area contributed by atoms with Crippen LogP contribution in [0.2, 0.25) is 5.02 Å². The summed E-state index contributed by atoms with van der Waals surface area (Å²) in [4.78, 5) is 16.4. The average molecular weight is 370 g/mol. The fraction of sp³-hybridized carbons (Fsp3) is 0.100. The number of amides is 1. The summed E-state index contributed by atoms with van der Waals surface area (Å²) >= 11 is 6.05. The fourth-order valence-electron chi connectivity index (χ4n) is 2.46. The molecule has 3 rings (SSSR count). The van der Waals surface area contributed by atoms with Crippen molar-refractivity contribution in [2.45, 2.75) is 6.42 Å². The second-order valence-corrected chi connectivity index (χ2v) is 6.04. The van der Waals surface area contributed by atoms with Crippen molar-refractivity contribution in [3.05, 3.63) is 89.0 Å². The lowest BCUT2D eigenvalue weighted by molar-refractivity contribution is 0.102. The first kappa shape index (κ1) is 17.9. The highest BCUT2D eigenvalue weighted by molar-refractivity contribution is 6.33. The molecule has 0 aliphatic carbocycles. The molecule has 2 aromatic carbocycles. The van der Waals surface area contributed by atoms with E-state index < -0.39 is 0 Å². The van der Waals surface area contributed by atoms with Crippen molar-refractivity contribution >= 4 is 28.9 Å². The molecule has 1 aromatic heterocycles. The maximum absolute atomic E-state index is 13.6. The van der Waals surface area contributed by atoms with E-state index in [0.29, 0.717) is 29.2 Å². The summed E-state index contributed by atoms with van der Waals surface area (Å²) in [6.07, 6.45) is 2.09. The molecule has 6 heteroatoms. The highest BCUT2D eigenvalue weighted by Crippen LogP contribution is 2.21. The molecule has 0 aliphatic rings. The molecule has 0 unspecified atom stereocenters. The molecule has 4 nitrogen and oxygen atoms in total. The summed E-state index contributed by atoms with van der Waals surface area (Å²) in [6.45, 7) is 0.538. The summed E-state index contributed by atoms with van der Waals surface area (Å²) in [5.41, 5.74) is 2.17.